The molecule has 1 N–H and O–H groups in total. The standard InChI is InChI=1S/C15H14FN3O2S/c1-19-13(7-20)6-17-15(19)22-9-12-8-21-14(18-12)10-2-4-11(16)5-3-10/h2-6,8,20H,7,9H2,1H3. The van der Waals surface area contributed by atoms with Crippen LogP contribution in [0, 0.1) is 5.82 Å². The quantitative estimate of drug-likeness (QED) is 0.732. The molecule has 0 aliphatic heterocycles. The molecule has 3 aromatic rings. The van der Waals surface area contributed by atoms with Crippen LogP contribution in [-0.2, 0) is 19.4 Å². The molecule has 0 amide bonds. The highest BCUT2D eigenvalue weighted by Crippen LogP contribution is 2.24. The molecule has 0 saturated heterocycles. The highest BCUT2D eigenvalue weighted by atomic mass is 32.2. The van der Waals surface area contributed by atoms with Gasteiger partial charge in [-0.05, 0) is 24.3 Å². The number of rotatable bonds is 5. The van der Waals surface area contributed by atoms with Gasteiger partial charge < -0.3 is 14.1 Å². The van der Waals surface area contributed by atoms with Gasteiger partial charge in [0, 0.05) is 18.4 Å². The van der Waals surface area contributed by atoms with Crippen LogP contribution in [0.2, 0.25) is 0 Å². The molecule has 0 atom stereocenters. The molecule has 0 unspecified atom stereocenters. The number of benzene rings is 1. The third-order valence-electron chi connectivity index (χ3n) is 3.20. The average molecular weight is 319 g/mol. The zero-order valence-corrected chi connectivity index (χ0v) is 12.7. The largest absolute Gasteiger partial charge is 0.444 e. The number of aromatic nitrogens is 3. The molecule has 7 heteroatoms. The molecule has 0 aliphatic carbocycles. The molecule has 5 nitrogen and oxygen atoms in total. The lowest BCUT2D eigenvalue weighted by Crippen LogP contribution is -1.97. The molecule has 0 saturated carbocycles. The normalized spacial score (nSPS) is 11.0. The van der Waals surface area contributed by atoms with Gasteiger partial charge in [0.1, 0.15) is 12.1 Å². The van der Waals surface area contributed by atoms with Crippen LogP contribution in [0.15, 0.2) is 46.3 Å². The summed E-state index contributed by atoms with van der Waals surface area (Å²) in [6, 6.07) is 6.01. The number of nitrogens with zero attached hydrogens (tertiary/aromatic N) is 3. The van der Waals surface area contributed by atoms with Crippen molar-refractivity contribution >= 4 is 11.8 Å². The van der Waals surface area contributed by atoms with Gasteiger partial charge in [0.05, 0.1) is 24.2 Å². The van der Waals surface area contributed by atoms with Crippen molar-refractivity contribution in [2.24, 2.45) is 7.05 Å². The number of hydrogen-bond donors (Lipinski definition) is 1. The monoisotopic (exact) mass is 319 g/mol. The number of oxazole rings is 1. The van der Waals surface area contributed by atoms with E-state index in [9.17, 15) is 4.39 Å². The fourth-order valence-corrected chi connectivity index (χ4v) is 2.79. The van der Waals surface area contributed by atoms with E-state index >= 15 is 0 Å². The number of aliphatic hydroxyl groups is 1. The van der Waals surface area contributed by atoms with Gasteiger partial charge in [0.2, 0.25) is 5.89 Å². The Morgan fingerprint density at radius 3 is 2.77 bits per heavy atom. The van der Waals surface area contributed by atoms with E-state index in [2.05, 4.69) is 9.97 Å². The summed E-state index contributed by atoms with van der Waals surface area (Å²) in [5, 5.41) is 9.94. The van der Waals surface area contributed by atoms with Gasteiger partial charge in [0.15, 0.2) is 5.16 Å². The molecule has 3 rings (SSSR count). The van der Waals surface area contributed by atoms with Crippen LogP contribution in [0.5, 0.6) is 0 Å². The maximum absolute atomic E-state index is 12.9. The molecule has 114 valence electrons. The number of halogens is 1. The Bertz CT molecular complexity index is 767. The molecule has 0 fully saturated rings. The Morgan fingerprint density at radius 2 is 2.09 bits per heavy atom. The highest BCUT2D eigenvalue weighted by molar-refractivity contribution is 7.98. The lowest BCUT2D eigenvalue weighted by Gasteiger charge is -2.02. The van der Waals surface area contributed by atoms with E-state index in [1.807, 2.05) is 11.6 Å². The van der Waals surface area contributed by atoms with Crippen LogP contribution in [0.25, 0.3) is 11.5 Å². The zero-order chi connectivity index (χ0) is 15.5. The molecule has 0 spiro atoms. The SMILES string of the molecule is Cn1c(CO)cnc1SCc1coc(-c2ccc(F)cc2)n1. The second kappa shape index (κ2) is 6.33. The van der Waals surface area contributed by atoms with Crippen molar-refractivity contribution < 1.29 is 13.9 Å². The van der Waals surface area contributed by atoms with Gasteiger partial charge in [-0.3, -0.25) is 0 Å². The summed E-state index contributed by atoms with van der Waals surface area (Å²) >= 11 is 1.51. The van der Waals surface area contributed by atoms with E-state index in [1.54, 1.807) is 24.6 Å². The van der Waals surface area contributed by atoms with Gasteiger partial charge >= 0.3 is 0 Å². The Morgan fingerprint density at radius 1 is 1.32 bits per heavy atom. The molecule has 2 aromatic heterocycles. The molecular weight excluding hydrogens is 305 g/mol. The number of aliphatic hydroxyl groups excluding tert-OH is 1. The van der Waals surface area contributed by atoms with Crippen LogP contribution in [0.3, 0.4) is 0 Å². The molecule has 0 radical (unpaired) electrons. The summed E-state index contributed by atoms with van der Waals surface area (Å²) < 4.78 is 20.2. The lowest BCUT2D eigenvalue weighted by molar-refractivity contribution is 0.271. The minimum absolute atomic E-state index is 0.0390. The van der Waals surface area contributed by atoms with Crippen molar-refractivity contribution in [1.82, 2.24) is 14.5 Å². The first-order valence-electron chi connectivity index (χ1n) is 6.62. The minimum Gasteiger partial charge on any atom is -0.444 e. The van der Waals surface area contributed by atoms with Crippen molar-refractivity contribution in [3.05, 3.63) is 53.9 Å². The Balaban J connectivity index is 1.69. The molecule has 1 aromatic carbocycles. The molecule has 22 heavy (non-hydrogen) atoms. The second-order valence-electron chi connectivity index (χ2n) is 4.69. The third-order valence-corrected chi connectivity index (χ3v) is 4.27. The molecule has 0 aliphatic rings. The first kappa shape index (κ1) is 14.8. The van der Waals surface area contributed by atoms with E-state index < -0.39 is 0 Å². The number of hydrogen-bond acceptors (Lipinski definition) is 5. The molecule has 0 bridgehead atoms. The number of imidazole rings is 1. The van der Waals surface area contributed by atoms with E-state index in [4.69, 9.17) is 9.52 Å². The summed E-state index contributed by atoms with van der Waals surface area (Å²) in [4.78, 5) is 8.63. The first-order valence-corrected chi connectivity index (χ1v) is 7.60. The van der Waals surface area contributed by atoms with E-state index in [-0.39, 0.29) is 12.4 Å². The molecular formula is C15H14FN3O2S. The molecule has 2 heterocycles. The second-order valence-corrected chi connectivity index (χ2v) is 5.63. The highest BCUT2D eigenvalue weighted by Gasteiger charge is 2.10. The van der Waals surface area contributed by atoms with E-state index in [0.717, 1.165) is 22.1 Å². The van der Waals surface area contributed by atoms with Crippen molar-refractivity contribution in [1.29, 1.82) is 0 Å². The summed E-state index contributed by atoms with van der Waals surface area (Å²) in [5.41, 5.74) is 2.27. The van der Waals surface area contributed by atoms with E-state index in [1.165, 1.54) is 23.9 Å². The first-order chi connectivity index (χ1) is 10.7. The third kappa shape index (κ3) is 3.05. The lowest BCUT2D eigenvalue weighted by atomic mass is 10.2. The topological polar surface area (TPSA) is 64.1 Å². The van der Waals surface area contributed by atoms with Gasteiger partial charge in [-0.15, -0.1) is 0 Å². The van der Waals surface area contributed by atoms with Crippen LogP contribution in [0.4, 0.5) is 4.39 Å². The summed E-state index contributed by atoms with van der Waals surface area (Å²) in [5.74, 6) is 0.771. The van der Waals surface area contributed by atoms with Crippen LogP contribution < -0.4 is 0 Å². The minimum atomic E-state index is -0.291. The van der Waals surface area contributed by atoms with Crippen LogP contribution >= 0.6 is 11.8 Å². The van der Waals surface area contributed by atoms with Crippen molar-refractivity contribution in [3.8, 4) is 11.5 Å². The smallest absolute Gasteiger partial charge is 0.226 e. The Labute approximate surface area is 130 Å². The summed E-state index contributed by atoms with van der Waals surface area (Å²) in [7, 11) is 1.85. The van der Waals surface area contributed by atoms with Crippen molar-refractivity contribution in [2.75, 3.05) is 0 Å². The Hall–Kier alpha value is -2.12. The van der Waals surface area contributed by atoms with Crippen LogP contribution in [0.1, 0.15) is 11.4 Å². The Kier molecular flexibility index (Phi) is 4.26. The van der Waals surface area contributed by atoms with Crippen molar-refractivity contribution in [2.45, 2.75) is 17.5 Å². The summed E-state index contributed by atoms with van der Waals surface area (Å²) in [6.45, 7) is -0.0390. The average Bonchev–Trinajstić information content (AvgIpc) is 3.13. The predicted molar refractivity (Wildman–Crippen MR) is 80.6 cm³/mol. The maximum atomic E-state index is 12.9. The zero-order valence-electron chi connectivity index (χ0n) is 11.9. The van der Waals surface area contributed by atoms with Gasteiger partial charge in [-0.1, -0.05) is 11.8 Å². The van der Waals surface area contributed by atoms with Crippen molar-refractivity contribution in [3.63, 3.8) is 0 Å². The fraction of sp³-hybridized carbons (Fsp3) is 0.200. The fourth-order valence-electron chi connectivity index (χ4n) is 1.94. The van der Waals surface area contributed by atoms with Gasteiger partial charge in [0.25, 0.3) is 0 Å². The number of thioether (sulfide) groups is 1. The van der Waals surface area contributed by atoms with Gasteiger partial charge in [-0.2, -0.15) is 0 Å². The predicted octanol–water partition coefficient (Wildman–Crippen LogP) is 3.00. The summed E-state index contributed by atoms with van der Waals surface area (Å²) in [6.07, 6.45) is 3.23. The van der Waals surface area contributed by atoms with E-state index in [0.29, 0.717) is 11.6 Å². The van der Waals surface area contributed by atoms with Crippen LogP contribution in [-0.4, -0.2) is 19.6 Å². The van der Waals surface area contributed by atoms with Gasteiger partial charge in [-0.25, -0.2) is 14.4 Å². The maximum Gasteiger partial charge on any atom is 0.226 e.